The van der Waals surface area contributed by atoms with Gasteiger partial charge < -0.3 is 21.1 Å². The lowest BCUT2D eigenvalue weighted by Crippen LogP contribution is -2.34. The highest BCUT2D eigenvalue weighted by atomic mass is 32.2. The number of carboxylic acid groups (broad SMARTS) is 1. The summed E-state index contributed by atoms with van der Waals surface area (Å²) < 4.78 is 94.4. The number of anilines is 1. The molecule has 204 valence electrons. The number of carbonyl (C=O) groups is 2. The van der Waals surface area contributed by atoms with E-state index in [0.717, 1.165) is 19.3 Å². The Morgan fingerprint density at radius 2 is 1.39 bits per heavy atom. The number of hydrogen-bond acceptors (Lipinski definition) is 7. The third kappa shape index (κ3) is 7.96. The van der Waals surface area contributed by atoms with E-state index in [0.29, 0.717) is 25.7 Å². The van der Waals surface area contributed by atoms with E-state index in [-0.39, 0.29) is 13.1 Å². The summed E-state index contributed by atoms with van der Waals surface area (Å²) in [6.45, 7) is -0.330. The quantitative estimate of drug-likeness (QED) is 0.213. The van der Waals surface area contributed by atoms with Gasteiger partial charge in [0.2, 0.25) is 15.9 Å². The Morgan fingerprint density at radius 3 is 1.94 bits per heavy atom. The fourth-order valence-electron chi connectivity index (χ4n) is 3.88. The van der Waals surface area contributed by atoms with Crippen LogP contribution in [0.25, 0.3) is 0 Å². The van der Waals surface area contributed by atoms with Crippen LogP contribution in [0.3, 0.4) is 0 Å². The lowest BCUT2D eigenvalue weighted by atomic mass is 9.96. The Balaban J connectivity index is 2.41. The standard InChI is InChI=1S/C20H29F3N4O7S2/c21-14-15(22)19(35(31,32)11-8-13(28)25-9-10-26-20(29)30)17(16(23)18(14)36(24,33)34)27-12-6-4-2-1-3-5-7-12/h12,26-27H,1-11H2,(H,25,28)(H,29,30)(H2,24,33,34). The van der Waals surface area contributed by atoms with Gasteiger partial charge in [-0.05, 0) is 12.8 Å². The van der Waals surface area contributed by atoms with E-state index in [1.54, 1.807) is 0 Å². The predicted molar refractivity (Wildman–Crippen MR) is 123 cm³/mol. The minimum Gasteiger partial charge on any atom is -0.465 e. The highest BCUT2D eigenvalue weighted by Crippen LogP contribution is 2.37. The van der Waals surface area contributed by atoms with Gasteiger partial charge in [0.05, 0.1) is 11.4 Å². The fraction of sp³-hybridized carbons (Fsp3) is 0.600. The van der Waals surface area contributed by atoms with Crippen LogP contribution in [-0.2, 0) is 24.7 Å². The van der Waals surface area contributed by atoms with Crippen LogP contribution in [-0.4, -0.2) is 58.8 Å². The second-order valence-electron chi connectivity index (χ2n) is 8.36. The van der Waals surface area contributed by atoms with Crippen molar-refractivity contribution in [3.63, 3.8) is 0 Å². The number of rotatable bonds is 10. The van der Waals surface area contributed by atoms with E-state index in [2.05, 4.69) is 10.6 Å². The molecule has 0 spiro atoms. The minimum atomic E-state index is -5.11. The first-order chi connectivity index (χ1) is 16.8. The highest BCUT2D eigenvalue weighted by Gasteiger charge is 2.37. The lowest BCUT2D eigenvalue weighted by Gasteiger charge is -2.25. The normalized spacial score (nSPS) is 15.6. The number of sulfonamides is 1. The van der Waals surface area contributed by atoms with Crippen molar-refractivity contribution in [1.82, 2.24) is 10.6 Å². The number of nitrogens with two attached hydrogens (primary N) is 1. The molecule has 2 rings (SSSR count). The van der Waals surface area contributed by atoms with Gasteiger partial charge in [-0.1, -0.05) is 32.1 Å². The summed E-state index contributed by atoms with van der Waals surface area (Å²) in [4.78, 5) is 19.1. The number of halogens is 3. The third-order valence-corrected chi connectivity index (χ3v) is 8.28. The van der Waals surface area contributed by atoms with Crippen LogP contribution >= 0.6 is 0 Å². The van der Waals surface area contributed by atoms with E-state index in [1.165, 1.54) is 0 Å². The average molecular weight is 559 g/mol. The van der Waals surface area contributed by atoms with Gasteiger partial charge in [0.25, 0.3) is 0 Å². The van der Waals surface area contributed by atoms with Gasteiger partial charge in [-0.15, -0.1) is 0 Å². The molecule has 1 aliphatic rings. The topological polar surface area (TPSA) is 185 Å². The summed E-state index contributed by atoms with van der Waals surface area (Å²) in [5, 5.41) is 20.1. The second-order valence-corrected chi connectivity index (χ2v) is 11.9. The van der Waals surface area contributed by atoms with Crippen molar-refractivity contribution in [3.05, 3.63) is 17.5 Å². The molecule has 0 bridgehead atoms. The molecule has 1 fully saturated rings. The molecule has 0 aliphatic heterocycles. The molecule has 0 atom stereocenters. The summed E-state index contributed by atoms with van der Waals surface area (Å²) in [5.74, 6) is -8.17. The molecule has 1 aliphatic carbocycles. The predicted octanol–water partition coefficient (Wildman–Crippen LogP) is 1.82. The Morgan fingerprint density at radius 1 is 0.861 bits per heavy atom. The summed E-state index contributed by atoms with van der Waals surface area (Å²) in [7, 11) is -9.97. The number of nitrogens with one attached hydrogen (secondary N) is 3. The molecule has 0 aromatic heterocycles. The molecular formula is C20H29F3N4O7S2. The fourth-order valence-corrected chi connectivity index (χ4v) is 6.05. The molecular weight excluding hydrogens is 529 g/mol. The first-order valence-electron chi connectivity index (χ1n) is 11.2. The van der Waals surface area contributed by atoms with Crippen molar-refractivity contribution < 1.29 is 44.7 Å². The Bertz CT molecular complexity index is 1190. The van der Waals surface area contributed by atoms with Crippen molar-refractivity contribution in [1.29, 1.82) is 0 Å². The molecule has 0 saturated heterocycles. The van der Waals surface area contributed by atoms with Crippen LogP contribution in [0.2, 0.25) is 0 Å². The summed E-state index contributed by atoms with van der Waals surface area (Å²) in [6.07, 6.45) is 2.94. The molecule has 11 nitrogen and oxygen atoms in total. The summed E-state index contributed by atoms with van der Waals surface area (Å²) in [5.41, 5.74) is -1.05. The third-order valence-electron chi connectivity index (χ3n) is 5.61. The Hall–Kier alpha value is -2.59. The van der Waals surface area contributed by atoms with Crippen molar-refractivity contribution in [3.8, 4) is 0 Å². The van der Waals surface area contributed by atoms with Gasteiger partial charge >= 0.3 is 6.09 Å². The van der Waals surface area contributed by atoms with Crippen LogP contribution in [0, 0.1) is 17.5 Å². The zero-order chi connectivity index (χ0) is 27.1. The van der Waals surface area contributed by atoms with E-state index in [4.69, 9.17) is 10.2 Å². The highest BCUT2D eigenvalue weighted by molar-refractivity contribution is 7.91. The van der Waals surface area contributed by atoms with E-state index in [9.17, 15) is 30.8 Å². The number of amides is 2. The van der Waals surface area contributed by atoms with Gasteiger partial charge in [-0.25, -0.2) is 39.9 Å². The van der Waals surface area contributed by atoms with E-state index in [1.807, 2.05) is 5.32 Å². The van der Waals surface area contributed by atoms with Gasteiger partial charge in [-0.3, -0.25) is 4.79 Å². The van der Waals surface area contributed by atoms with Crippen molar-refractivity contribution in [2.45, 2.75) is 67.2 Å². The largest absolute Gasteiger partial charge is 0.465 e. The summed E-state index contributed by atoms with van der Waals surface area (Å²) in [6, 6.07) is -0.544. The lowest BCUT2D eigenvalue weighted by molar-refractivity contribution is -0.120. The van der Waals surface area contributed by atoms with Crippen LogP contribution in [0.15, 0.2) is 9.79 Å². The molecule has 6 N–H and O–H groups in total. The van der Waals surface area contributed by atoms with Gasteiger partial charge in [0, 0.05) is 25.6 Å². The van der Waals surface area contributed by atoms with Crippen molar-refractivity contribution in [2.75, 3.05) is 24.2 Å². The smallest absolute Gasteiger partial charge is 0.404 e. The molecule has 0 radical (unpaired) electrons. The van der Waals surface area contributed by atoms with Crippen molar-refractivity contribution in [2.24, 2.45) is 5.14 Å². The Kier molecular flexibility index (Phi) is 10.4. The van der Waals surface area contributed by atoms with Crippen LogP contribution < -0.4 is 21.1 Å². The van der Waals surface area contributed by atoms with E-state index >= 15 is 8.78 Å². The van der Waals surface area contributed by atoms with Crippen LogP contribution in [0.4, 0.5) is 23.7 Å². The molecule has 1 aromatic rings. The number of sulfone groups is 1. The second kappa shape index (κ2) is 12.6. The average Bonchev–Trinajstić information content (AvgIpc) is 2.74. The van der Waals surface area contributed by atoms with Crippen LogP contribution in [0.1, 0.15) is 51.4 Å². The van der Waals surface area contributed by atoms with Crippen molar-refractivity contribution >= 4 is 37.5 Å². The zero-order valence-corrected chi connectivity index (χ0v) is 20.9. The number of benzene rings is 1. The molecule has 0 heterocycles. The maximum atomic E-state index is 15.3. The Labute approximate surface area is 207 Å². The number of primary sulfonamides is 1. The molecule has 0 unspecified atom stereocenters. The zero-order valence-electron chi connectivity index (χ0n) is 19.3. The monoisotopic (exact) mass is 558 g/mol. The SMILES string of the molecule is NS(=O)(=O)c1c(F)c(F)c(S(=O)(=O)CCC(=O)NCCNC(=O)O)c(NC2CCCCCCC2)c1F. The molecule has 2 amide bonds. The minimum absolute atomic E-state index is 0.163. The maximum Gasteiger partial charge on any atom is 0.404 e. The number of hydrogen-bond donors (Lipinski definition) is 5. The van der Waals surface area contributed by atoms with Gasteiger partial charge in [-0.2, -0.15) is 0 Å². The van der Waals surface area contributed by atoms with Gasteiger partial charge in [0.1, 0.15) is 4.90 Å². The summed E-state index contributed by atoms with van der Waals surface area (Å²) >= 11 is 0. The first kappa shape index (κ1) is 29.6. The molecule has 1 saturated carbocycles. The number of carbonyl (C=O) groups excluding carboxylic acids is 1. The molecule has 1 aromatic carbocycles. The van der Waals surface area contributed by atoms with Crippen LogP contribution in [0.5, 0.6) is 0 Å². The van der Waals surface area contributed by atoms with E-state index < -0.39 is 83.0 Å². The first-order valence-corrected chi connectivity index (χ1v) is 14.4. The molecule has 36 heavy (non-hydrogen) atoms. The maximum absolute atomic E-state index is 15.3. The molecule has 16 heteroatoms. The van der Waals surface area contributed by atoms with Gasteiger partial charge in [0.15, 0.2) is 32.2 Å².